The molecule has 2 aromatic heterocycles. The first-order valence-corrected chi connectivity index (χ1v) is 9.21. The molecule has 0 aliphatic carbocycles. The van der Waals surface area contributed by atoms with Crippen LogP contribution in [0.5, 0.6) is 5.75 Å². The van der Waals surface area contributed by atoms with E-state index in [1.165, 1.54) is 6.33 Å². The minimum atomic E-state index is 0.440. The van der Waals surface area contributed by atoms with Crippen LogP contribution in [-0.2, 0) is 26.7 Å². The zero-order chi connectivity index (χ0) is 19.6. The molecule has 28 heavy (non-hydrogen) atoms. The lowest BCUT2D eigenvalue weighted by atomic mass is 10.2. The average molecular weight is 379 g/mol. The topological polar surface area (TPSA) is 89.2 Å². The lowest BCUT2D eigenvalue weighted by molar-refractivity contribution is 0.301. The SMILES string of the molecule is CCNC(=NCc1cccc(OCc2ccccn2)c1)NCc1ncnn1C. The van der Waals surface area contributed by atoms with Gasteiger partial charge in [-0.25, -0.2) is 9.98 Å². The molecule has 0 saturated heterocycles. The van der Waals surface area contributed by atoms with E-state index in [4.69, 9.17) is 4.74 Å². The van der Waals surface area contributed by atoms with Crippen molar-refractivity contribution >= 4 is 5.96 Å². The summed E-state index contributed by atoms with van der Waals surface area (Å²) in [6.07, 6.45) is 3.30. The monoisotopic (exact) mass is 379 g/mol. The number of hydrogen-bond donors (Lipinski definition) is 2. The summed E-state index contributed by atoms with van der Waals surface area (Å²) in [6.45, 7) is 4.34. The number of rotatable bonds is 8. The molecule has 0 bridgehead atoms. The lowest BCUT2D eigenvalue weighted by Crippen LogP contribution is -2.37. The second kappa shape index (κ2) is 10.1. The lowest BCUT2D eigenvalue weighted by Gasteiger charge is -2.11. The molecular weight excluding hydrogens is 354 g/mol. The maximum absolute atomic E-state index is 5.84. The van der Waals surface area contributed by atoms with Crippen molar-refractivity contribution in [1.82, 2.24) is 30.4 Å². The quantitative estimate of drug-likeness (QED) is 0.460. The van der Waals surface area contributed by atoms with Gasteiger partial charge in [-0.2, -0.15) is 5.10 Å². The molecule has 0 amide bonds. The van der Waals surface area contributed by atoms with E-state index in [0.29, 0.717) is 19.7 Å². The Hall–Kier alpha value is -3.42. The molecule has 3 rings (SSSR count). The Balaban J connectivity index is 1.58. The number of pyridine rings is 1. The molecule has 0 aliphatic rings. The van der Waals surface area contributed by atoms with E-state index in [1.54, 1.807) is 10.9 Å². The van der Waals surface area contributed by atoms with Crippen LogP contribution in [0.1, 0.15) is 24.0 Å². The molecule has 2 N–H and O–H groups in total. The molecule has 1 aromatic carbocycles. The maximum Gasteiger partial charge on any atom is 0.191 e. The van der Waals surface area contributed by atoms with Crippen molar-refractivity contribution in [2.75, 3.05) is 6.54 Å². The van der Waals surface area contributed by atoms with E-state index in [1.807, 2.05) is 56.4 Å². The van der Waals surface area contributed by atoms with Gasteiger partial charge < -0.3 is 15.4 Å². The van der Waals surface area contributed by atoms with Crippen LogP contribution in [-0.4, -0.2) is 32.3 Å². The summed E-state index contributed by atoms with van der Waals surface area (Å²) in [5.41, 5.74) is 1.96. The molecule has 0 unspecified atom stereocenters. The minimum Gasteiger partial charge on any atom is -0.487 e. The molecule has 3 aromatic rings. The molecule has 0 fully saturated rings. The molecule has 0 radical (unpaired) electrons. The fourth-order valence-electron chi connectivity index (χ4n) is 2.53. The number of aryl methyl sites for hydroxylation is 1. The summed E-state index contributed by atoms with van der Waals surface area (Å²) < 4.78 is 7.57. The summed E-state index contributed by atoms with van der Waals surface area (Å²) in [6, 6.07) is 13.7. The van der Waals surface area contributed by atoms with Gasteiger partial charge in [-0.1, -0.05) is 18.2 Å². The van der Waals surface area contributed by atoms with Gasteiger partial charge in [-0.05, 0) is 36.8 Å². The number of benzene rings is 1. The van der Waals surface area contributed by atoms with Crippen LogP contribution in [0.2, 0.25) is 0 Å². The van der Waals surface area contributed by atoms with Gasteiger partial charge in [0.15, 0.2) is 5.96 Å². The van der Waals surface area contributed by atoms with E-state index in [9.17, 15) is 0 Å². The number of nitrogens with one attached hydrogen (secondary N) is 2. The highest BCUT2D eigenvalue weighted by molar-refractivity contribution is 5.79. The van der Waals surface area contributed by atoms with Crippen molar-refractivity contribution in [2.24, 2.45) is 12.0 Å². The molecule has 0 saturated carbocycles. The number of aromatic nitrogens is 4. The normalized spacial score (nSPS) is 11.3. The van der Waals surface area contributed by atoms with E-state index >= 15 is 0 Å². The highest BCUT2D eigenvalue weighted by atomic mass is 16.5. The van der Waals surface area contributed by atoms with Gasteiger partial charge in [0.25, 0.3) is 0 Å². The number of ether oxygens (including phenoxy) is 1. The van der Waals surface area contributed by atoms with Gasteiger partial charge in [0.2, 0.25) is 0 Å². The second-order valence-corrected chi connectivity index (χ2v) is 6.11. The van der Waals surface area contributed by atoms with Crippen molar-refractivity contribution < 1.29 is 4.74 Å². The number of nitrogens with zero attached hydrogens (tertiary/aromatic N) is 5. The van der Waals surface area contributed by atoms with E-state index < -0.39 is 0 Å². The Labute approximate surface area is 164 Å². The Morgan fingerprint density at radius 3 is 2.82 bits per heavy atom. The largest absolute Gasteiger partial charge is 0.487 e. The molecule has 146 valence electrons. The van der Waals surface area contributed by atoms with Crippen LogP contribution in [0.15, 0.2) is 60.0 Å². The highest BCUT2D eigenvalue weighted by Crippen LogP contribution is 2.15. The first-order valence-electron chi connectivity index (χ1n) is 9.21. The third-order valence-corrected chi connectivity index (χ3v) is 3.99. The second-order valence-electron chi connectivity index (χ2n) is 6.11. The Morgan fingerprint density at radius 1 is 1.14 bits per heavy atom. The third kappa shape index (κ3) is 5.80. The number of aliphatic imine (C=N–C) groups is 1. The summed E-state index contributed by atoms with van der Waals surface area (Å²) in [7, 11) is 1.87. The third-order valence-electron chi connectivity index (χ3n) is 3.99. The summed E-state index contributed by atoms with van der Waals surface area (Å²) in [4.78, 5) is 13.1. The summed E-state index contributed by atoms with van der Waals surface area (Å²) in [5, 5.41) is 10.6. The fourth-order valence-corrected chi connectivity index (χ4v) is 2.53. The Kier molecular flexibility index (Phi) is 6.95. The molecule has 0 spiro atoms. The molecule has 2 heterocycles. The van der Waals surface area contributed by atoms with Gasteiger partial charge in [0.1, 0.15) is 24.5 Å². The van der Waals surface area contributed by atoms with Crippen LogP contribution in [0.25, 0.3) is 0 Å². The summed E-state index contributed by atoms with van der Waals surface area (Å²) in [5.74, 6) is 2.37. The van der Waals surface area contributed by atoms with E-state index in [0.717, 1.165) is 35.3 Å². The number of guanidine groups is 1. The summed E-state index contributed by atoms with van der Waals surface area (Å²) >= 11 is 0. The van der Waals surface area contributed by atoms with Crippen LogP contribution in [0.4, 0.5) is 0 Å². The molecule has 0 aliphatic heterocycles. The predicted octanol–water partition coefficient (Wildman–Crippen LogP) is 2.04. The van der Waals surface area contributed by atoms with Gasteiger partial charge in [-0.3, -0.25) is 9.67 Å². The molecule has 0 atom stereocenters. The van der Waals surface area contributed by atoms with Gasteiger partial charge in [0.05, 0.1) is 18.8 Å². The Bertz CT molecular complexity index is 892. The van der Waals surface area contributed by atoms with Crippen molar-refractivity contribution in [1.29, 1.82) is 0 Å². The van der Waals surface area contributed by atoms with E-state index in [-0.39, 0.29) is 0 Å². The standard InChI is InChI=1S/C20H25N7O/c1-3-21-20(24-13-19-25-15-26-27(19)2)23-12-16-7-6-9-18(11-16)28-14-17-8-4-5-10-22-17/h4-11,15H,3,12-14H2,1-2H3,(H2,21,23,24). The fraction of sp³-hybridized carbons (Fsp3) is 0.300. The maximum atomic E-state index is 5.84. The van der Waals surface area contributed by atoms with Crippen LogP contribution in [0.3, 0.4) is 0 Å². The highest BCUT2D eigenvalue weighted by Gasteiger charge is 2.03. The zero-order valence-electron chi connectivity index (χ0n) is 16.2. The van der Waals surface area contributed by atoms with Crippen molar-refractivity contribution in [3.63, 3.8) is 0 Å². The first kappa shape index (κ1) is 19.3. The molecular formula is C20H25N7O. The molecule has 8 nitrogen and oxygen atoms in total. The van der Waals surface area contributed by atoms with Crippen LogP contribution >= 0.6 is 0 Å². The van der Waals surface area contributed by atoms with Crippen molar-refractivity contribution in [3.05, 3.63) is 72.1 Å². The van der Waals surface area contributed by atoms with Crippen molar-refractivity contribution in [3.8, 4) is 5.75 Å². The minimum absolute atomic E-state index is 0.440. The van der Waals surface area contributed by atoms with Gasteiger partial charge >= 0.3 is 0 Å². The Morgan fingerprint density at radius 2 is 2.07 bits per heavy atom. The first-order chi connectivity index (χ1) is 13.7. The van der Waals surface area contributed by atoms with Gasteiger partial charge in [0, 0.05) is 19.8 Å². The number of hydrogen-bond acceptors (Lipinski definition) is 5. The smallest absolute Gasteiger partial charge is 0.191 e. The van der Waals surface area contributed by atoms with Crippen LogP contribution < -0.4 is 15.4 Å². The average Bonchev–Trinajstić information content (AvgIpc) is 3.14. The molecule has 8 heteroatoms. The van der Waals surface area contributed by atoms with Crippen molar-refractivity contribution in [2.45, 2.75) is 26.6 Å². The zero-order valence-corrected chi connectivity index (χ0v) is 16.2. The van der Waals surface area contributed by atoms with Crippen LogP contribution in [0, 0.1) is 0 Å². The van der Waals surface area contributed by atoms with Gasteiger partial charge in [-0.15, -0.1) is 0 Å². The van der Waals surface area contributed by atoms with E-state index in [2.05, 4.69) is 30.7 Å². The predicted molar refractivity (Wildman–Crippen MR) is 108 cm³/mol.